The van der Waals surface area contributed by atoms with Gasteiger partial charge >= 0.3 is 0 Å². The van der Waals surface area contributed by atoms with Gasteiger partial charge in [0.15, 0.2) is 6.29 Å². The van der Waals surface area contributed by atoms with Crippen molar-refractivity contribution in [3.63, 3.8) is 0 Å². The van der Waals surface area contributed by atoms with Crippen LogP contribution in [0.4, 0.5) is 0 Å². The number of hydrogen-bond acceptors (Lipinski definition) is 4. The molecule has 0 saturated carbocycles. The standard InChI is InChI=1S/C4H8O4S/c1-3-9(6,7)8-4(2)5/h3-5H,1H2,2H3. The van der Waals surface area contributed by atoms with Crippen LogP contribution in [0.15, 0.2) is 12.0 Å². The Hall–Kier alpha value is -0.390. The van der Waals surface area contributed by atoms with Gasteiger partial charge in [0.2, 0.25) is 0 Å². The topological polar surface area (TPSA) is 63.6 Å². The van der Waals surface area contributed by atoms with Gasteiger partial charge in [-0.25, -0.2) is 4.18 Å². The molecular formula is C4H8O4S. The summed E-state index contributed by atoms with van der Waals surface area (Å²) in [7, 11) is -3.70. The average Bonchev–Trinajstić information content (AvgIpc) is 1.63. The molecule has 5 heteroatoms. The molecule has 0 bridgehead atoms. The minimum Gasteiger partial charge on any atom is -0.367 e. The fourth-order valence-electron chi connectivity index (χ4n) is 0.233. The van der Waals surface area contributed by atoms with Crippen LogP contribution in [-0.4, -0.2) is 19.8 Å². The van der Waals surface area contributed by atoms with Gasteiger partial charge in [-0.2, -0.15) is 8.42 Å². The van der Waals surface area contributed by atoms with E-state index in [1.807, 2.05) is 0 Å². The Balaban J connectivity index is 4.05. The minimum atomic E-state index is -3.70. The van der Waals surface area contributed by atoms with Crippen molar-refractivity contribution in [3.05, 3.63) is 12.0 Å². The molecule has 0 aromatic rings. The monoisotopic (exact) mass is 152 g/mol. The number of hydrogen-bond donors (Lipinski definition) is 1. The maximum absolute atomic E-state index is 10.3. The van der Waals surface area contributed by atoms with E-state index in [-0.39, 0.29) is 0 Å². The summed E-state index contributed by atoms with van der Waals surface area (Å²) in [6.45, 7) is 4.16. The zero-order chi connectivity index (χ0) is 7.49. The summed E-state index contributed by atoms with van der Waals surface area (Å²) in [5.74, 6) is 0. The highest BCUT2D eigenvalue weighted by Crippen LogP contribution is 1.96. The minimum absolute atomic E-state index is 0.625. The van der Waals surface area contributed by atoms with Crippen molar-refractivity contribution in [2.75, 3.05) is 0 Å². The van der Waals surface area contributed by atoms with Gasteiger partial charge in [-0.3, -0.25) is 0 Å². The van der Waals surface area contributed by atoms with Gasteiger partial charge in [0, 0.05) is 0 Å². The molecule has 0 spiro atoms. The van der Waals surface area contributed by atoms with E-state index in [0.717, 1.165) is 0 Å². The third kappa shape index (κ3) is 4.14. The molecule has 1 atom stereocenters. The van der Waals surface area contributed by atoms with Crippen molar-refractivity contribution in [1.82, 2.24) is 0 Å². The second-order valence-electron chi connectivity index (χ2n) is 1.36. The lowest BCUT2D eigenvalue weighted by Crippen LogP contribution is -2.11. The van der Waals surface area contributed by atoms with E-state index in [0.29, 0.717) is 5.41 Å². The first-order chi connectivity index (χ1) is 3.98. The predicted molar refractivity (Wildman–Crippen MR) is 31.9 cm³/mol. The Labute approximate surface area is 53.9 Å². The van der Waals surface area contributed by atoms with E-state index in [9.17, 15) is 8.42 Å². The van der Waals surface area contributed by atoms with E-state index in [1.165, 1.54) is 6.92 Å². The van der Waals surface area contributed by atoms with Crippen LogP contribution in [0.25, 0.3) is 0 Å². The highest BCUT2D eigenvalue weighted by Gasteiger charge is 2.07. The van der Waals surface area contributed by atoms with Crippen LogP contribution in [-0.2, 0) is 14.3 Å². The zero-order valence-electron chi connectivity index (χ0n) is 4.94. The smallest absolute Gasteiger partial charge is 0.291 e. The SMILES string of the molecule is C=CS(=O)(=O)OC(C)O. The molecule has 0 amide bonds. The highest BCUT2D eigenvalue weighted by molar-refractivity contribution is 7.89. The third-order valence-corrected chi connectivity index (χ3v) is 1.43. The predicted octanol–water partition coefficient (Wildman–Crippen LogP) is -0.185. The normalized spacial score (nSPS) is 14.9. The third-order valence-electron chi connectivity index (χ3n) is 0.478. The number of aliphatic hydroxyl groups excluding tert-OH is 1. The highest BCUT2D eigenvalue weighted by atomic mass is 32.2. The second-order valence-corrected chi connectivity index (χ2v) is 2.87. The Kier molecular flexibility index (Phi) is 2.83. The molecule has 1 unspecified atom stereocenters. The lowest BCUT2D eigenvalue weighted by atomic mass is 10.8. The maximum atomic E-state index is 10.3. The summed E-state index contributed by atoms with van der Waals surface area (Å²) in [5.41, 5.74) is 0. The molecule has 0 saturated heterocycles. The van der Waals surface area contributed by atoms with Crippen LogP contribution in [0, 0.1) is 0 Å². The molecule has 0 aliphatic carbocycles. The second kappa shape index (κ2) is 2.95. The van der Waals surface area contributed by atoms with E-state index in [2.05, 4.69) is 10.8 Å². The van der Waals surface area contributed by atoms with E-state index in [4.69, 9.17) is 5.11 Å². The van der Waals surface area contributed by atoms with Crippen LogP contribution in [0.1, 0.15) is 6.92 Å². The molecule has 0 aromatic carbocycles. The van der Waals surface area contributed by atoms with Crippen LogP contribution in [0.5, 0.6) is 0 Å². The average molecular weight is 152 g/mol. The van der Waals surface area contributed by atoms with Crippen LogP contribution in [0.3, 0.4) is 0 Å². The van der Waals surface area contributed by atoms with Crippen LogP contribution < -0.4 is 0 Å². The maximum Gasteiger partial charge on any atom is 0.291 e. The molecule has 0 aromatic heterocycles. The zero-order valence-corrected chi connectivity index (χ0v) is 5.76. The Morgan fingerprint density at radius 3 is 2.33 bits per heavy atom. The first-order valence-electron chi connectivity index (χ1n) is 2.22. The number of rotatable bonds is 3. The molecule has 9 heavy (non-hydrogen) atoms. The number of aliphatic hydroxyl groups is 1. The van der Waals surface area contributed by atoms with Crippen molar-refractivity contribution >= 4 is 10.1 Å². The molecule has 1 N–H and O–H groups in total. The van der Waals surface area contributed by atoms with Gasteiger partial charge in [0.25, 0.3) is 10.1 Å². The molecule has 0 aliphatic heterocycles. The van der Waals surface area contributed by atoms with E-state index < -0.39 is 16.4 Å². The lowest BCUT2D eigenvalue weighted by molar-refractivity contribution is 0.00681. The van der Waals surface area contributed by atoms with Gasteiger partial charge < -0.3 is 5.11 Å². The van der Waals surface area contributed by atoms with Crippen molar-refractivity contribution in [3.8, 4) is 0 Å². The molecule has 0 heterocycles. The summed E-state index contributed by atoms with van der Waals surface area (Å²) >= 11 is 0. The van der Waals surface area contributed by atoms with Crippen LogP contribution >= 0.6 is 0 Å². The van der Waals surface area contributed by atoms with E-state index >= 15 is 0 Å². The molecule has 4 nitrogen and oxygen atoms in total. The summed E-state index contributed by atoms with van der Waals surface area (Å²) in [4.78, 5) is 0. The van der Waals surface area contributed by atoms with E-state index in [1.54, 1.807) is 0 Å². The molecule has 0 radical (unpaired) electrons. The summed E-state index contributed by atoms with van der Waals surface area (Å²) in [6.07, 6.45) is -1.31. The molecular weight excluding hydrogens is 144 g/mol. The molecule has 54 valence electrons. The van der Waals surface area contributed by atoms with Crippen LogP contribution in [0.2, 0.25) is 0 Å². The van der Waals surface area contributed by atoms with Crippen molar-refractivity contribution < 1.29 is 17.7 Å². The lowest BCUT2D eigenvalue weighted by Gasteiger charge is -2.01. The first-order valence-corrected chi connectivity index (χ1v) is 3.69. The summed E-state index contributed by atoms with van der Waals surface area (Å²) in [5, 5.41) is 8.99. The Morgan fingerprint density at radius 1 is 1.78 bits per heavy atom. The van der Waals surface area contributed by atoms with Gasteiger partial charge in [0.1, 0.15) is 0 Å². The quantitative estimate of drug-likeness (QED) is 0.450. The van der Waals surface area contributed by atoms with Gasteiger partial charge in [-0.1, -0.05) is 6.58 Å². The van der Waals surface area contributed by atoms with Crippen molar-refractivity contribution in [2.45, 2.75) is 13.2 Å². The fourth-order valence-corrected chi connectivity index (χ4v) is 0.700. The fraction of sp³-hybridized carbons (Fsp3) is 0.500. The summed E-state index contributed by atoms with van der Waals surface area (Å²) < 4.78 is 24.6. The largest absolute Gasteiger partial charge is 0.367 e. The van der Waals surface area contributed by atoms with Gasteiger partial charge in [-0.05, 0) is 6.92 Å². The summed E-state index contributed by atoms with van der Waals surface area (Å²) in [6, 6.07) is 0. The Bertz CT molecular complexity index is 179. The van der Waals surface area contributed by atoms with Gasteiger partial charge in [-0.15, -0.1) is 0 Å². The molecule has 0 rings (SSSR count). The molecule has 0 aliphatic rings. The van der Waals surface area contributed by atoms with Crippen molar-refractivity contribution in [1.29, 1.82) is 0 Å². The first kappa shape index (κ1) is 8.61. The molecule has 0 fully saturated rings. The van der Waals surface area contributed by atoms with Crippen molar-refractivity contribution in [2.24, 2.45) is 0 Å². The Morgan fingerprint density at radius 2 is 2.22 bits per heavy atom. The van der Waals surface area contributed by atoms with Gasteiger partial charge in [0.05, 0.1) is 5.41 Å².